The van der Waals surface area contributed by atoms with E-state index < -0.39 is 29.6 Å². The molecule has 0 spiro atoms. The number of benzene rings is 3. The van der Waals surface area contributed by atoms with Crippen molar-refractivity contribution in [2.45, 2.75) is 63.7 Å². The van der Waals surface area contributed by atoms with Gasteiger partial charge in [0.15, 0.2) is 0 Å². The Morgan fingerprint density at radius 2 is 1.45 bits per heavy atom. The fourth-order valence-corrected chi connectivity index (χ4v) is 6.60. The third kappa shape index (κ3) is 6.23. The second kappa shape index (κ2) is 11.2. The summed E-state index contributed by atoms with van der Waals surface area (Å²) >= 11 is 0. The van der Waals surface area contributed by atoms with E-state index in [0.29, 0.717) is 12.3 Å². The Morgan fingerprint density at radius 3 is 2.08 bits per heavy atom. The number of hydrogen-bond acceptors (Lipinski definition) is 2. The van der Waals surface area contributed by atoms with Gasteiger partial charge >= 0.3 is 12.4 Å². The van der Waals surface area contributed by atoms with Crippen molar-refractivity contribution in [2.24, 2.45) is 11.8 Å². The van der Waals surface area contributed by atoms with Gasteiger partial charge in [0.1, 0.15) is 0 Å². The number of hydrogen-bond donors (Lipinski definition) is 0. The Morgan fingerprint density at radius 1 is 0.825 bits per heavy atom. The van der Waals surface area contributed by atoms with E-state index in [9.17, 15) is 26.3 Å². The highest BCUT2D eigenvalue weighted by Gasteiger charge is 2.46. The second-order valence-corrected chi connectivity index (χ2v) is 11.2. The molecule has 2 fully saturated rings. The zero-order valence-electron chi connectivity index (χ0n) is 22.5. The monoisotopic (exact) mass is 561 g/mol. The lowest BCUT2D eigenvalue weighted by Gasteiger charge is -2.41. The highest BCUT2D eigenvalue weighted by Crippen LogP contribution is 2.49. The number of halogens is 6. The van der Waals surface area contributed by atoms with Crippen molar-refractivity contribution in [1.29, 1.82) is 0 Å². The van der Waals surface area contributed by atoms with Crippen LogP contribution >= 0.6 is 0 Å². The van der Waals surface area contributed by atoms with Crippen molar-refractivity contribution in [2.75, 3.05) is 13.1 Å². The molecule has 3 aromatic rings. The van der Waals surface area contributed by atoms with Crippen LogP contribution in [0.15, 0.2) is 72.8 Å². The quantitative estimate of drug-likeness (QED) is 0.279. The van der Waals surface area contributed by atoms with Crippen LogP contribution in [-0.2, 0) is 23.6 Å². The molecule has 5 atom stereocenters. The molecule has 214 valence electrons. The van der Waals surface area contributed by atoms with Gasteiger partial charge in [-0.15, -0.1) is 0 Å². The summed E-state index contributed by atoms with van der Waals surface area (Å²) in [4.78, 5) is 2.45. The third-order valence-electron chi connectivity index (χ3n) is 8.51. The first-order valence-corrected chi connectivity index (χ1v) is 13.7. The van der Waals surface area contributed by atoms with Crippen molar-refractivity contribution >= 4 is 0 Å². The molecule has 0 amide bonds. The summed E-state index contributed by atoms with van der Waals surface area (Å²) in [6, 6.07) is 20.1. The molecule has 1 saturated carbocycles. The maximum Gasteiger partial charge on any atom is 0.416 e. The molecule has 0 bridgehead atoms. The molecule has 0 N–H and O–H groups in total. The van der Waals surface area contributed by atoms with Crippen LogP contribution in [0.4, 0.5) is 26.3 Å². The molecule has 5 rings (SSSR count). The Labute approximate surface area is 231 Å². The summed E-state index contributed by atoms with van der Waals surface area (Å²) in [7, 11) is 0. The number of alkyl halides is 6. The van der Waals surface area contributed by atoms with Gasteiger partial charge in [0.05, 0.1) is 23.3 Å². The summed E-state index contributed by atoms with van der Waals surface area (Å²) < 4.78 is 87.5. The van der Waals surface area contributed by atoms with Gasteiger partial charge in [-0.05, 0) is 79.0 Å². The SMILES string of the molecule is Cc1ccccc1[C@H]1[C@@H]2CN(Cc3ccccc3)C[C@H]2CC[C@@H]1O[C@H](C)c1cc(C(F)(F)F)cc(C(F)(F)F)c1. The van der Waals surface area contributed by atoms with Crippen LogP contribution < -0.4 is 0 Å². The van der Waals surface area contributed by atoms with Crippen LogP contribution in [0.2, 0.25) is 0 Å². The van der Waals surface area contributed by atoms with Gasteiger partial charge in [-0.25, -0.2) is 0 Å². The van der Waals surface area contributed by atoms with E-state index in [1.54, 1.807) is 6.92 Å². The largest absolute Gasteiger partial charge is 0.416 e. The number of nitrogens with zero attached hydrogens (tertiary/aromatic N) is 1. The summed E-state index contributed by atoms with van der Waals surface area (Å²) in [6.45, 7) is 6.23. The first kappa shape index (κ1) is 28.7. The first-order chi connectivity index (χ1) is 18.9. The predicted octanol–water partition coefficient (Wildman–Crippen LogP) is 8.80. The molecule has 1 aliphatic heterocycles. The molecular formula is C32H33F6NO. The van der Waals surface area contributed by atoms with Crippen molar-refractivity contribution in [3.63, 3.8) is 0 Å². The van der Waals surface area contributed by atoms with Crippen LogP contribution in [0.3, 0.4) is 0 Å². The first-order valence-electron chi connectivity index (χ1n) is 13.7. The summed E-state index contributed by atoms with van der Waals surface area (Å²) in [5, 5.41) is 0. The van der Waals surface area contributed by atoms with E-state index >= 15 is 0 Å². The topological polar surface area (TPSA) is 12.5 Å². The van der Waals surface area contributed by atoms with Crippen molar-refractivity contribution in [3.05, 3.63) is 106 Å². The smallest absolute Gasteiger partial charge is 0.370 e. The molecule has 0 unspecified atom stereocenters. The van der Waals surface area contributed by atoms with E-state index in [1.807, 2.05) is 43.3 Å². The molecule has 3 aromatic carbocycles. The zero-order valence-corrected chi connectivity index (χ0v) is 22.5. The summed E-state index contributed by atoms with van der Waals surface area (Å²) in [5.41, 5.74) is 0.717. The van der Waals surface area contributed by atoms with Gasteiger partial charge in [0.2, 0.25) is 0 Å². The molecule has 40 heavy (non-hydrogen) atoms. The molecule has 2 nitrogen and oxygen atoms in total. The summed E-state index contributed by atoms with van der Waals surface area (Å²) in [6.07, 6.45) is -9.50. The number of ether oxygens (including phenoxy) is 1. The Hall–Kier alpha value is -2.84. The van der Waals surface area contributed by atoms with Crippen LogP contribution in [0.5, 0.6) is 0 Å². The lowest BCUT2D eigenvalue weighted by molar-refractivity contribution is -0.143. The minimum atomic E-state index is -4.90. The molecule has 1 heterocycles. The van der Waals surface area contributed by atoms with Crippen molar-refractivity contribution in [1.82, 2.24) is 4.90 Å². The van der Waals surface area contributed by atoms with Gasteiger partial charge in [-0.1, -0.05) is 54.6 Å². The molecule has 2 aliphatic rings. The molecule has 1 aliphatic carbocycles. The molecular weight excluding hydrogens is 528 g/mol. The maximum absolute atomic E-state index is 13.5. The summed E-state index contributed by atoms with van der Waals surface area (Å²) in [5.74, 6) is 0.688. The van der Waals surface area contributed by atoms with Crippen LogP contribution in [0.25, 0.3) is 0 Å². The van der Waals surface area contributed by atoms with Crippen LogP contribution in [0, 0.1) is 18.8 Å². The highest BCUT2D eigenvalue weighted by atomic mass is 19.4. The third-order valence-corrected chi connectivity index (χ3v) is 8.51. The number of rotatable bonds is 6. The van der Waals surface area contributed by atoms with Gasteiger partial charge in [-0.3, -0.25) is 4.90 Å². The van der Waals surface area contributed by atoms with Gasteiger partial charge < -0.3 is 4.74 Å². The lowest BCUT2D eigenvalue weighted by Crippen LogP contribution is -2.38. The minimum absolute atomic E-state index is 0.0175. The van der Waals surface area contributed by atoms with E-state index in [2.05, 4.69) is 23.1 Å². The Balaban J connectivity index is 1.43. The lowest BCUT2D eigenvalue weighted by atomic mass is 9.68. The van der Waals surface area contributed by atoms with E-state index in [4.69, 9.17) is 4.74 Å². The average Bonchev–Trinajstić information content (AvgIpc) is 3.31. The van der Waals surface area contributed by atoms with Crippen LogP contribution in [0.1, 0.15) is 65.2 Å². The second-order valence-electron chi connectivity index (χ2n) is 11.2. The molecule has 0 radical (unpaired) electrons. The number of fused-ring (bicyclic) bond motifs is 1. The van der Waals surface area contributed by atoms with Crippen LogP contribution in [-0.4, -0.2) is 24.1 Å². The molecule has 1 saturated heterocycles. The van der Waals surface area contributed by atoms with E-state index in [1.165, 1.54) is 5.56 Å². The van der Waals surface area contributed by atoms with Crippen molar-refractivity contribution < 1.29 is 31.1 Å². The van der Waals surface area contributed by atoms with Gasteiger partial charge in [0, 0.05) is 25.6 Å². The van der Waals surface area contributed by atoms with Crippen molar-refractivity contribution in [3.8, 4) is 0 Å². The Bertz CT molecular complexity index is 1270. The fraction of sp³-hybridized carbons (Fsp3) is 0.438. The zero-order chi connectivity index (χ0) is 28.7. The van der Waals surface area contributed by atoms with E-state index in [-0.39, 0.29) is 29.6 Å². The fourth-order valence-electron chi connectivity index (χ4n) is 6.60. The average molecular weight is 562 g/mol. The molecule has 0 aromatic heterocycles. The Kier molecular flexibility index (Phi) is 8.03. The number of aryl methyl sites for hydroxylation is 1. The normalized spacial score (nSPS) is 24.6. The number of likely N-dealkylation sites (tertiary alicyclic amines) is 1. The standard InChI is InChI=1S/C32H33F6NO/c1-20-8-6-7-11-27(20)30-28-19-39(17-22-9-4-3-5-10-22)18-23(28)12-13-29(30)40-21(2)24-14-25(31(33,34)35)16-26(15-24)32(36,37)38/h3-11,14-16,21,23,28-30H,12-13,17-19H2,1-2H3/t21-,23-,28-,29+,30+/m1/s1. The minimum Gasteiger partial charge on any atom is -0.370 e. The highest BCUT2D eigenvalue weighted by molar-refractivity contribution is 5.35. The molecule has 8 heteroatoms. The van der Waals surface area contributed by atoms with Gasteiger partial charge in [0.25, 0.3) is 0 Å². The van der Waals surface area contributed by atoms with Gasteiger partial charge in [-0.2, -0.15) is 26.3 Å². The maximum atomic E-state index is 13.5. The van der Waals surface area contributed by atoms with E-state index in [0.717, 1.165) is 49.3 Å². The predicted molar refractivity (Wildman–Crippen MR) is 142 cm³/mol.